The minimum absolute atomic E-state index is 0.315. The van der Waals surface area contributed by atoms with Gasteiger partial charge in [-0.1, -0.05) is 12.1 Å². The van der Waals surface area contributed by atoms with Crippen molar-refractivity contribution in [3.8, 4) is 0 Å². The first kappa shape index (κ1) is 5.60. The van der Waals surface area contributed by atoms with Gasteiger partial charge in [-0.15, -0.1) is 0 Å². The summed E-state index contributed by atoms with van der Waals surface area (Å²) in [6.45, 7) is 4.18. The minimum atomic E-state index is 0.315. The standard InChI is InChI=1S/C6H11NO/c1-5-3-6(2)8-7-4-5/h4-6H,3H2,1-2H3. The van der Waals surface area contributed by atoms with Crippen molar-refractivity contribution in [1.82, 2.24) is 0 Å². The molecule has 46 valence electrons. The van der Waals surface area contributed by atoms with Gasteiger partial charge < -0.3 is 4.84 Å². The Morgan fingerprint density at radius 2 is 2.38 bits per heavy atom. The molecule has 0 aromatic carbocycles. The lowest BCUT2D eigenvalue weighted by Crippen LogP contribution is -2.15. The first-order valence-electron chi connectivity index (χ1n) is 2.98. The summed E-state index contributed by atoms with van der Waals surface area (Å²) in [5, 5.41) is 3.71. The fourth-order valence-corrected chi connectivity index (χ4v) is 0.870. The van der Waals surface area contributed by atoms with Crippen LogP contribution in [0.5, 0.6) is 0 Å². The summed E-state index contributed by atoms with van der Waals surface area (Å²) in [5.74, 6) is 0.596. The lowest BCUT2D eigenvalue weighted by atomic mass is 10.1. The highest BCUT2D eigenvalue weighted by atomic mass is 16.6. The first-order valence-corrected chi connectivity index (χ1v) is 2.98. The molecule has 0 aliphatic carbocycles. The monoisotopic (exact) mass is 113 g/mol. The van der Waals surface area contributed by atoms with E-state index < -0.39 is 0 Å². The molecule has 2 heteroatoms. The van der Waals surface area contributed by atoms with Gasteiger partial charge in [-0.25, -0.2) is 0 Å². The molecule has 0 fully saturated rings. The third-order valence-corrected chi connectivity index (χ3v) is 1.26. The molecular weight excluding hydrogens is 102 g/mol. The van der Waals surface area contributed by atoms with Gasteiger partial charge in [0.25, 0.3) is 0 Å². The third-order valence-electron chi connectivity index (χ3n) is 1.26. The number of nitrogens with zero attached hydrogens (tertiary/aromatic N) is 1. The van der Waals surface area contributed by atoms with E-state index in [-0.39, 0.29) is 0 Å². The Balaban J connectivity index is 2.42. The zero-order valence-electron chi connectivity index (χ0n) is 5.29. The van der Waals surface area contributed by atoms with Gasteiger partial charge in [0.2, 0.25) is 0 Å². The summed E-state index contributed by atoms with van der Waals surface area (Å²) in [7, 11) is 0. The van der Waals surface area contributed by atoms with Crippen LogP contribution in [0.25, 0.3) is 0 Å². The Labute approximate surface area is 49.5 Å². The van der Waals surface area contributed by atoms with Gasteiger partial charge in [0, 0.05) is 6.21 Å². The SMILES string of the molecule is CC1C=NOC(C)C1. The highest BCUT2D eigenvalue weighted by molar-refractivity contribution is 5.59. The smallest absolute Gasteiger partial charge is 0.125 e. The Kier molecular flexibility index (Phi) is 1.51. The van der Waals surface area contributed by atoms with E-state index in [0.717, 1.165) is 6.42 Å². The zero-order valence-corrected chi connectivity index (χ0v) is 5.29. The predicted molar refractivity (Wildman–Crippen MR) is 32.8 cm³/mol. The molecule has 0 bridgehead atoms. The van der Waals surface area contributed by atoms with Crippen molar-refractivity contribution < 1.29 is 4.84 Å². The van der Waals surface area contributed by atoms with Gasteiger partial charge in [0.05, 0.1) is 0 Å². The summed E-state index contributed by atoms with van der Waals surface area (Å²) in [6, 6.07) is 0. The van der Waals surface area contributed by atoms with Crippen LogP contribution in [0, 0.1) is 5.92 Å². The molecule has 2 unspecified atom stereocenters. The molecule has 1 rings (SSSR count). The van der Waals surface area contributed by atoms with Crippen LogP contribution in [0.4, 0.5) is 0 Å². The van der Waals surface area contributed by atoms with Crippen LogP contribution >= 0.6 is 0 Å². The summed E-state index contributed by atoms with van der Waals surface area (Å²) in [4.78, 5) is 4.92. The van der Waals surface area contributed by atoms with Gasteiger partial charge in [0.1, 0.15) is 6.10 Å². The fraction of sp³-hybridized carbons (Fsp3) is 0.833. The molecule has 1 aliphatic heterocycles. The van der Waals surface area contributed by atoms with Gasteiger partial charge in [-0.3, -0.25) is 0 Å². The lowest BCUT2D eigenvalue weighted by molar-refractivity contribution is 0.0495. The molecule has 1 heterocycles. The molecule has 0 aromatic heterocycles. The van der Waals surface area contributed by atoms with Gasteiger partial charge in [0.15, 0.2) is 0 Å². The largest absolute Gasteiger partial charge is 0.393 e. The van der Waals surface area contributed by atoms with E-state index in [1.165, 1.54) is 0 Å². The molecule has 0 saturated heterocycles. The van der Waals surface area contributed by atoms with Gasteiger partial charge in [-0.05, 0) is 19.3 Å². The van der Waals surface area contributed by atoms with Crippen molar-refractivity contribution in [2.24, 2.45) is 11.1 Å². The van der Waals surface area contributed by atoms with E-state index in [2.05, 4.69) is 12.1 Å². The maximum Gasteiger partial charge on any atom is 0.125 e. The van der Waals surface area contributed by atoms with Crippen LogP contribution < -0.4 is 0 Å². The highest BCUT2D eigenvalue weighted by Crippen LogP contribution is 2.11. The molecule has 0 radical (unpaired) electrons. The first-order chi connectivity index (χ1) is 3.79. The van der Waals surface area contributed by atoms with E-state index in [1.54, 1.807) is 0 Å². The fourth-order valence-electron chi connectivity index (χ4n) is 0.870. The number of hydrogen-bond donors (Lipinski definition) is 0. The van der Waals surface area contributed by atoms with Crippen molar-refractivity contribution >= 4 is 6.21 Å². The minimum Gasteiger partial charge on any atom is -0.393 e. The van der Waals surface area contributed by atoms with Crippen LogP contribution in [-0.4, -0.2) is 12.3 Å². The second kappa shape index (κ2) is 2.16. The molecule has 0 aromatic rings. The Morgan fingerprint density at radius 1 is 1.62 bits per heavy atom. The van der Waals surface area contributed by atoms with E-state index >= 15 is 0 Å². The van der Waals surface area contributed by atoms with Crippen molar-refractivity contribution in [3.05, 3.63) is 0 Å². The second-order valence-corrected chi connectivity index (χ2v) is 2.38. The van der Waals surface area contributed by atoms with Crippen molar-refractivity contribution in [3.63, 3.8) is 0 Å². The molecule has 0 N–H and O–H groups in total. The summed E-state index contributed by atoms with van der Waals surface area (Å²) >= 11 is 0. The topological polar surface area (TPSA) is 21.6 Å². The second-order valence-electron chi connectivity index (χ2n) is 2.38. The van der Waals surface area contributed by atoms with Crippen LogP contribution in [0.3, 0.4) is 0 Å². The van der Waals surface area contributed by atoms with E-state index in [0.29, 0.717) is 12.0 Å². The zero-order chi connectivity index (χ0) is 5.98. The van der Waals surface area contributed by atoms with Gasteiger partial charge >= 0.3 is 0 Å². The van der Waals surface area contributed by atoms with Crippen LogP contribution in [0.1, 0.15) is 20.3 Å². The van der Waals surface area contributed by atoms with E-state index in [4.69, 9.17) is 4.84 Å². The number of oxime groups is 1. The van der Waals surface area contributed by atoms with Crippen molar-refractivity contribution in [2.45, 2.75) is 26.4 Å². The maximum atomic E-state index is 4.92. The van der Waals surface area contributed by atoms with Gasteiger partial charge in [-0.2, -0.15) is 0 Å². The maximum absolute atomic E-state index is 4.92. The Hall–Kier alpha value is -0.530. The molecular formula is C6H11NO. The third kappa shape index (κ3) is 1.22. The lowest BCUT2D eigenvalue weighted by Gasteiger charge is -2.16. The Bertz CT molecular complexity index is 101. The molecule has 0 saturated carbocycles. The summed E-state index contributed by atoms with van der Waals surface area (Å²) in [5.41, 5.74) is 0. The van der Waals surface area contributed by atoms with E-state index in [9.17, 15) is 0 Å². The molecule has 2 atom stereocenters. The molecule has 2 nitrogen and oxygen atoms in total. The normalized spacial score (nSPS) is 36.8. The summed E-state index contributed by atoms with van der Waals surface area (Å²) < 4.78 is 0. The molecule has 0 amide bonds. The number of rotatable bonds is 0. The van der Waals surface area contributed by atoms with Crippen molar-refractivity contribution in [1.29, 1.82) is 0 Å². The van der Waals surface area contributed by atoms with Crippen LogP contribution in [0.2, 0.25) is 0 Å². The van der Waals surface area contributed by atoms with Crippen LogP contribution in [-0.2, 0) is 4.84 Å². The quantitative estimate of drug-likeness (QED) is 0.465. The average Bonchev–Trinajstić information content (AvgIpc) is 1.64. The molecule has 0 spiro atoms. The van der Waals surface area contributed by atoms with Crippen LogP contribution in [0.15, 0.2) is 5.16 Å². The predicted octanol–water partition coefficient (Wildman–Crippen LogP) is 1.42. The average molecular weight is 113 g/mol. The van der Waals surface area contributed by atoms with E-state index in [1.807, 2.05) is 13.1 Å². The van der Waals surface area contributed by atoms with Crippen molar-refractivity contribution in [2.75, 3.05) is 0 Å². The Morgan fingerprint density at radius 3 is 2.75 bits per heavy atom. The summed E-state index contributed by atoms with van der Waals surface area (Å²) in [6.07, 6.45) is 3.26. The number of hydrogen-bond acceptors (Lipinski definition) is 2. The molecule has 8 heavy (non-hydrogen) atoms. The molecule has 1 aliphatic rings. The highest BCUT2D eigenvalue weighted by Gasteiger charge is 2.11.